The Kier molecular flexibility index (Phi) is 5.05. The summed E-state index contributed by atoms with van der Waals surface area (Å²) in [6, 6.07) is 7.62. The number of esters is 1. The Labute approximate surface area is 139 Å². The molecule has 0 saturated heterocycles. The van der Waals surface area contributed by atoms with E-state index in [0.717, 1.165) is 0 Å². The Balaban J connectivity index is 2.14. The molecule has 3 N–H and O–H groups in total. The number of hydrogen-bond donors (Lipinski definition) is 2. The average molecular weight is 351 g/mol. The van der Waals surface area contributed by atoms with E-state index < -0.39 is 21.9 Å². The number of carbonyl (C=O) groups excluding carboxylic acids is 2. The number of nitrogens with one attached hydrogen (secondary N) is 1. The van der Waals surface area contributed by atoms with Crippen molar-refractivity contribution in [1.82, 2.24) is 9.29 Å². The fourth-order valence-electron chi connectivity index (χ4n) is 2.04. The number of nitrogens with two attached hydrogens (primary N) is 1. The molecular weight excluding hydrogens is 334 g/mol. The second-order valence-electron chi connectivity index (χ2n) is 5.02. The standard InChI is InChI=1S/C15H17N3O5S/c1-17-24(21,22)12-7-13(18(2)8-12)15(20)23-9-10-4-3-5-11(6-10)14(16)19/h3-8,17H,9H2,1-2H3,(H2,16,19). The van der Waals surface area contributed by atoms with Crippen LogP contribution in [0.5, 0.6) is 0 Å². The van der Waals surface area contributed by atoms with E-state index in [1.54, 1.807) is 25.2 Å². The van der Waals surface area contributed by atoms with Gasteiger partial charge in [-0.2, -0.15) is 0 Å². The van der Waals surface area contributed by atoms with Gasteiger partial charge in [-0.15, -0.1) is 0 Å². The second kappa shape index (κ2) is 6.85. The van der Waals surface area contributed by atoms with Crippen LogP contribution in [0.3, 0.4) is 0 Å². The molecule has 0 saturated carbocycles. The second-order valence-corrected chi connectivity index (χ2v) is 6.91. The highest BCUT2D eigenvalue weighted by molar-refractivity contribution is 7.89. The number of hydrogen-bond acceptors (Lipinski definition) is 5. The lowest BCUT2D eigenvalue weighted by atomic mass is 10.1. The molecule has 0 unspecified atom stereocenters. The summed E-state index contributed by atoms with van der Waals surface area (Å²) in [6.07, 6.45) is 1.32. The maximum absolute atomic E-state index is 12.1. The zero-order chi connectivity index (χ0) is 17.9. The van der Waals surface area contributed by atoms with Gasteiger partial charge in [0, 0.05) is 18.8 Å². The molecule has 1 aromatic heterocycles. The number of ether oxygens (including phenoxy) is 1. The molecular formula is C15H17N3O5S. The molecule has 24 heavy (non-hydrogen) atoms. The fourth-order valence-corrected chi connectivity index (χ4v) is 2.84. The van der Waals surface area contributed by atoms with E-state index in [-0.39, 0.29) is 17.2 Å². The molecule has 128 valence electrons. The lowest BCUT2D eigenvalue weighted by molar-refractivity contribution is 0.0461. The fraction of sp³-hybridized carbons (Fsp3) is 0.200. The quantitative estimate of drug-likeness (QED) is 0.729. The van der Waals surface area contributed by atoms with Crippen LogP contribution >= 0.6 is 0 Å². The third-order valence-corrected chi connectivity index (χ3v) is 4.73. The summed E-state index contributed by atoms with van der Waals surface area (Å²) in [7, 11) is -0.821. The Bertz CT molecular complexity index is 886. The van der Waals surface area contributed by atoms with E-state index in [1.807, 2.05) is 0 Å². The highest BCUT2D eigenvalue weighted by Crippen LogP contribution is 2.15. The van der Waals surface area contributed by atoms with E-state index in [0.29, 0.717) is 11.1 Å². The summed E-state index contributed by atoms with van der Waals surface area (Å²) in [5.41, 5.74) is 6.19. The van der Waals surface area contributed by atoms with Gasteiger partial charge >= 0.3 is 5.97 Å². The molecule has 0 aliphatic heterocycles. The number of sulfonamides is 1. The molecule has 2 rings (SSSR count). The summed E-state index contributed by atoms with van der Waals surface area (Å²) < 4.78 is 32.2. The minimum atomic E-state index is -3.65. The topological polar surface area (TPSA) is 120 Å². The molecule has 0 fully saturated rings. The van der Waals surface area contributed by atoms with Gasteiger partial charge in [-0.05, 0) is 30.8 Å². The largest absolute Gasteiger partial charge is 0.456 e. The van der Waals surface area contributed by atoms with Crippen molar-refractivity contribution in [2.75, 3.05) is 7.05 Å². The summed E-state index contributed by atoms with van der Waals surface area (Å²) in [5, 5.41) is 0. The van der Waals surface area contributed by atoms with Crippen molar-refractivity contribution in [2.24, 2.45) is 12.8 Å². The number of nitrogens with zero attached hydrogens (tertiary/aromatic N) is 1. The first-order valence-electron chi connectivity index (χ1n) is 6.90. The van der Waals surface area contributed by atoms with Crippen LogP contribution in [0.15, 0.2) is 41.4 Å². The van der Waals surface area contributed by atoms with Crippen LogP contribution in [-0.4, -0.2) is 31.9 Å². The SMILES string of the molecule is CNS(=O)(=O)c1cc(C(=O)OCc2cccc(C(N)=O)c2)n(C)c1. The smallest absolute Gasteiger partial charge is 0.355 e. The third-order valence-electron chi connectivity index (χ3n) is 3.35. The molecule has 0 aliphatic rings. The number of amides is 1. The van der Waals surface area contributed by atoms with Gasteiger partial charge in [0.1, 0.15) is 17.2 Å². The van der Waals surface area contributed by atoms with Crippen molar-refractivity contribution in [3.63, 3.8) is 0 Å². The number of benzene rings is 1. The van der Waals surface area contributed by atoms with Crippen molar-refractivity contribution in [1.29, 1.82) is 0 Å². The Morgan fingerprint density at radius 1 is 1.29 bits per heavy atom. The van der Waals surface area contributed by atoms with Gasteiger partial charge in [0.15, 0.2) is 0 Å². The summed E-state index contributed by atoms with van der Waals surface area (Å²) in [4.78, 5) is 23.2. The van der Waals surface area contributed by atoms with Crippen LogP contribution in [-0.2, 0) is 28.4 Å². The molecule has 0 spiro atoms. The van der Waals surface area contributed by atoms with Crippen molar-refractivity contribution < 1.29 is 22.7 Å². The van der Waals surface area contributed by atoms with Gasteiger partial charge in [-0.3, -0.25) is 4.79 Å². The number of carbonyl (C=O) groups is 2. The van der Waals surface area contributed by atoms with Gasteiger partial charge < -0.3 is 15.0 Å². The van der Waals surface area contributed by atoms with Crippen LogP contribution in [0.4, 0.5) is 0 Å². The minimum Gasteiger partial charge on any atom is -0.456 e. The lowest BCUT2D eigenvalue weighted by Crippen LogP contribution is -2.17. The van der Waals surface area contributed by atoms with E-state index >= 15 is 0 Å². The lowest BCUT2D eigenvalue weighted by Gasteiger charge is -2.06. The molecule has 1 amide bonds. The molecule has 1 aromatic carbocycles. The van der Waals surface area contributed by atoms with Crippen LogP contribution < -0.4 is 10.5 Å². The van der Waals surface area contributed by atoms with E-state index in [9.17, 15) is 18.0 Å². The van der Waals surface area contributed by atoms with Gasteiger partial charge in [-0.25, -0.2) is 17.9 Å². The molecule has 0 radical (unpaired) electrons. The zero-order valence-corrected chi connectivity index (χ0v) is 14.0. The van der Waals surface area contributed by atoms with Gasteiger partial charge in [0.25, 0.3) is 0 Å². The summed E-state index contributed by atoms with van der Waals surface area (Å²) in [5.74, 6) is -1.26. The van der Waals surface area contributed by atoms with Gasteiger partial charge in [0.05, 0.1) is 0 Å². The minimum absolute atomic E-state index is 0.0322. The van der Waals surface area contributed by atoms with E-state index in [4.69, 9.17) is 10.5 Å². The number of primary amides is 1. The Morgan fingerprint density at radius 2 is 2.00 bits per heavy atom. The Morgan fingerprint density at radius 3 is 2.62 bits per heavy atom. The molecule has 0 atom stereocenters. The highest BCUT2D eigenvalue weighted by atomic mass is 32.2. The van der Waals surface area contributed by atoms with E-state index in [2.05, 4.69) is 4.72 Å². The molecule has 9 heteroatoms. The number of rotatable bonds is 6. The maximum atomic E-state index is 12.1. The third kappa shape index (κ3) is 3.81. The highest BCUT2D eigenvalue weighted by Gasteiger charge is 2.20. The maximum Gasteiger partial charge on any atom is 0.355 e. The monoisotopic (exact) mass is 351 g/mol. The zero-order valence-electron chi connectivity index (χ0n) is 13.1. The molecule has 1 heterocycles. The predicted octanol–water partition coefficient (Wildman–Crippen LogP) is 0.389. The molecule has 0 bridgehead atoms. The number of aryl methyl sites for hydroxylation is 1. The van der Waals surface area contributed by atoms with Gasteiger partial charge in [-0.1, -0.05) is 12.1 Å². The predicted molar refractivity (Wildman–Crippen MR) is 85.7 cm³/mol. The van der Waals surface area contributed by atoms with Crippen molar-refractivity contribution in [3.05, 3.63) is 53.3 Å². The van der Waals surface area contributed by atoms with Gasteiger partial charge in [0.2, 0.25) is 15.9 Å². The van der Waals surface area contributed by atoms with Crippen molar-refractivity contribution in [3.8, 4) is 0 Å². The first-order chi connectivity index (χ1) is 11.2. The summed E-state index contributed by atoms with van der Waals surface area (Å²) >= 11 is 0. The number of aromatic nitrogens is 1. The van der Waals surface area contributed by atoms with Crippen molar-refractivity contribution >= 4 is 21.9 Å². The first kappa shape index (κ1) is 17.7. The van der Waals surface area contributed by atoms with Crippen LogP contribution in [0.25, 0.3) is 0 Å². The van der Waals surface area contributed by atoms with Crippen LogP contribution in [0, 0.1) is 0 Å². The van der Waals surface area contributed by atoms with E-state index in [1.165, 1.54) is 29.9 Å². The first-order valence-corrected chi connectivity index (χ1v) is 8.38. The van der Waals surface area contributed by atoms with Crippen LogP contribution in [0.2, 0.25) is 0 Å². The normalized spacial score (nSPS) is 11.2. The molecule has 0 aliphatic carbocycles. The average Bonchev–Trinajstić information content (AvgIpc) is 2.95. The van der Waals surface area contributed by atoms with Crippen LogP contribution in [0.1, 0.15) is 26.4 Å². The molecule has 2 aromatic rings. The van der Waals surface area contributed by atoms with Crippen molar-refractivity contribution in [2.45, 2.75) is 11.5 Å². The summed E-state index contributed by atoms with van der Waals surface area (Å²) in [6.45, 7) is -0.0702. The Hall–Kier alpha value is -2.65. The molecule has 8 nitrogen and oxygen atoms in total.